The Bertz CT molecular complexity index is 1080. The van der Waals surface area contributed by atoms with E-state index in [1.807, 2.05) is 17.1 Å². The summed E-state index contributed by atoms with van der Waals surface area (Å²) in [6.07, 6.45) is 13.6. The molecule has 3 heterocycles. The Kier molecular flexibility index (Phi) is 6.32. The van der Waals surface area contributed by atoms with Crippen LogP contribution < -0.4 is 10.6 Å². The molecule has 1 aromatic rings. The fraction of sp³-hybridized carbons (Fsp3) is 0.607. The minimum absolute atomic E-state index is 0.000946. The van der Waals surface area contributed by atoms with E-state index in [9.17, 15) is 14.4 Å². The number of nitrogens with zero attached hydrogens (tertiary/aromatic N) is 1. The van der Waals surface area contributed by atoms with Gasteiger partial charge in [-0.1, -0.05) is 68.3 Å². The number of ether oxygens (including phenoxy) is 1. The zero-order chi connectivity index (χ0) is 24.9. The van der Waals surface area contributed by atoms with Crippen LogP contribution in [0.3, 0.4) is 0 Å². The number of fused-ring (bicyclic) bond motifs is 1. The zero-order valence-corrected chi connectivity index (χ0v) is 21.2. The molecule has 192 valence electrons. The van der Waals surface area contributed by atoms with Crippen molar-refractivity contribution in [2.75, 3.05) is 5.32 Å². The van der Waals surface area contributed by atoms with Gasteiger partial charge in [-0.25, -0.2) is 0 Å². The highest BCUT2D eigenvalue weighted by atomic mass is 35.5. The van der Waals surface area contributed by atoms with Gasteiger partial charge in [-0.2, -0.15) is 0 Å². The first-order valence-electron chi connectivity index (χ1n) is 13.5. The molecule has 36 heavy (non-hydrogen) atoms. The van der Waals surface area contributed by atoms with Crippen LogP contribution in [0.5, 0.6) is 0 Å². The molecule has 0 aromatic heterocycles. The molecule has 5 atom stereocenters. The van der Waals surface area contributed by atoms with Crippen LogP contribution in [0.25, 0.3) is 0 Å². The molecule has 2 aliphatic carbocycles. The van der Waals surface area contributed by atoms with Gasteiger partial charge in [0.2, 0.25) is 17.7 Å². The molecule has 7 nitrogen and oxygen atoms in total. The number of hydrogen-bond donors (Lipinski definition) is 2. The summed E-state index contributed by atoms with van der Waals surface area (Å²) >= 11 is 6.11. The molecule has 2 N–H and O–H groups in total. The Morgan fingerprint density at radius 2 is 1.72 bits per heavy atom. The molecule has 2 saturated carbocycles. The largest absolute Gasteiger partial charge is 0.359 e. The maximum atomic E-state index is 14.1. The summed E-state index contributed by atoms with van der Waals surface area (Å²) in [5.74, 6) is -1.94. The van der Waals surface area contributed by atoms with Crippen LogP contribution in [0.2, 0.25) is 5.02 Å². The van der Waals surface area contributed by atoms with E-state index in [-0.39, 0.29) is 29.8 Å². The minimum Gasteiger partial charge on any atom is -0.359 e. The van der Waals surface area contributed by atoms with Crippen molar-refractivity contribution in [3.8, 4) is 0 Å². The number of anilines is 1. The maximum Gasteiger partial charge on any atom is 0.246 e. The first kappa shape index (κ1) is 24.0. The van der Waals surface area contributed by atoms with Gasteiger partial charge in [0.05, 0.1) is 17.9 Å². The summed E-state index contributed by atoms with van der Waals surface area (Å²) in [5.41, 5.74) is -0.525. The van der Waals surface area contributed by atoms with Crippen molar-refractivity contribution in [1.29, 1.82) is 0 Å². The second-order valence-corrected chi connectivity index (χ2v) is 11.5. The maximum absolute atomic E-state index is 14.1. The van der Waals surface area contributed by atoms with Gasteiger partial charge in [0.1, 0.15) is 11.6 Å². The van der Waals surface area contributed by atoms with Gasteiger partial charge in [0.25, 0.3) is 0 Å². The molecule has 4 fully saturated rings. The second-order valence-electron chi connectivity index (χ2n) is 11.1. The predicted octanol–water partition coefficient (Wildman–Crippen LogP) is 4.21. The van der Waals surface area contributed by atoms with E-state index in [4.69, 9.17) is 16.3 Å². The smallest absolute Gasteiger partial charge is 0.246 e. The van der Waals surface area contributed by atoms with E-state index in [2.05, 4.69) is 10.6 Å². The summed E-state index contributed by atoms with van der Waals surface area (Å²) in [5, 5.41) is 6.73. The summed E-state index contributed by atoms with van der Waals surface area (Å²) in [6, 6.07) is 6.36. The van der Waals surface area contributed by atoms with Gasteiger partial charge in [-0.05, 0) is 43.9 Å². The number of amides is 3. The molecule has 1 spiro atoms. The van der Waals surface area contributed by atoms with E-state index in [0.29, 0.717) is 10.7 Å². The van der Waals surface area contributed by atoms with Gasteiger partial charge < -0.3 is 20.3 Å². The van der Waals surface area contributed by atoms with Gasteiger partial charge in [-0.15, -0.1) is 0 Å². The number of halogens is 1. The molecule has 3 unspecified atom stereocenters. The SMILES string of the molecule is O=C(Nc1cccc(Cl)c1)C1[C@@H]2C=CC3(O2)C(C(=O)NC2CCCCC2)N(C2CCCCC2)C(=O)[C@H]13. The number of carbonyl (C=O) groups excluding carboxylic acids is 3. The number of rotatable bonds is 5. The second kappa shape index (κ2) is 9.49. The summed E-state index contributed by atoms with van der Waals surface area (Å²) in [6.45, 7) is 0. The van der Waals surface area contributed by atoms with Crippen molar-refractivity contribution in [1.82, 2.24) is 10.2 Å². The fourth-order valence-corrected chi connectivity index (χ4v) is 7.47. The zero-order valence-electron chi connectivity index (χ0n) is 20.5. The van der Waals surface area contributed by atoms with Crippen LogP contribution in [0.4, 0.5) is 5.69 Å². The molecular weight excluding hydrogens is 478 g/mol. The van der Waals surface area contributed by atoms with Crippen LogP contribution in [0.1, 0.15) is 64.2 Å². The van der Waals surface area contributed by atoms with Crippen molar-refractivity contribution < 1.29 is 19.1 Å². The molecule has 3 aliphatic heterocycles. The van der Waals surface area contributed by atoms with Gasteiger partial charge >= 0.3 is 0 Å². The molecule has 8 heteroatoms. The number of hydrogen-bond acceptors (Lipinski definition) is 4. The third-order valence-corrected chi connectivity index (χ3v) is 9.11. The van der Waals surface area contributed by atoms with Crippen molar-refractivity contribution in [3.63, 3.8) is 0 Å². The lowest BCUT2D eigenvalue weighted by Crippen LogP contribution is -2.58. The average Bonchev–Trinajstić information content (AvgIpc) is 3.52. The first-order chi connectivity index (χ1) is 17.5. The Hall–Kier alpha value is -2.38. The van der Waals surface area contributed by atoms with E-state index in [0.717, 1.165) is 57.8 Å². The minimum atomic E-state index is -1.10. The molecule has 2 saturated heterocycles. The number of benzene rings is 1. The molecular formula is C28H34ClN3O4. The Morgan fingerprint density at radius 1 is 1.00 bits per heavy atom. The van der Waals surface area contributed by atoms with E-state index in [1.54, 1.807) is 24.3 Å². The van der Waals surface area contributed by atoms with Crippen molar-refractivity contribution in [2.24, 2.45) is 11.8 Å². The monoisotopic (exact) mass is 511 g/mol. The normalized spacial score (nSPS) is 34.1. The summed E-state index contributed by atoms with van der Waals surface area (Å²) in [7, 11) is 0. The van der Waals surface area contributed by atoms with Gasteiger partial charge in [0, 0.05) is 22.8 Å². The lowest BCUT2D eigenvalue weighted by atomic mass is 9.74. The third kappa shape index (κ3) is 3.95. The average molecular weight is 512 g/mol. The number of carbonyl (C=O) groups is 3. The first-order valence-corrected chi connectivity index (χ1v) is 13.9. The lowest BCUT2D eigenvalue weighted by molar-refractivity contribution is -0.144. The molecule has 2 bridgehead atoms. The Morgan fingerprint density at radius 3 is 2.44 bits per heavy atom. The molecule has 5 aliphatic rings. The standard InChI is InChI=1S/C28H34ClN3O4/c29-17-8-7-11-19(16-17)31-25(33)22-21-14-15-28(36-21)23(22)27(35)32(20-12-5-2-6-13-20)24(28)26(34)30-18-9-3-1-4-10-18/h7-8,11,14-16,18,20-24H,1-6,9-10,12-13H2,(H,30,34)(H,31,33)/t21-,22?,23-,24?,28?/m0/s1. The van der Waals surface area contributed by atoms with Crippen LogP contribution in [0, 0.1) is 11.8 Å². The Labute approximate surface area is 217 Å². The quantitative estimate of drug-likeness (QED) is 0.580. The van der Waals surface area contributed by atoms with Crippen molar-refractivity contribution in [2.45, 2.75) is 94.0 Å². The van der Waals surface area contributed by atoms with E-state index < -0.39 is 29.6 Å². The highest BCUT2D eigenvalue weighted by Gasteiger charge is 2.73. The van der Waals surface area contributed by atoms with E-state index >= 15 is 0 Å². The number of likely N-dealkylation sites (tertiary alicyclic amines) is 1. The van der Waals surface area contributed by atoms with Crippen LogP contribution >= 0.6 is 11.6 Å². The highest BCUT2D eigenvalue weighted by molar-refractivity contribution is 6.30. The fourth-order valence-electron chi connectivity index (χ4n) is 7.28. The molecule has 6 rings (SSSR count). The van der Waals surface area contributed by atoms with Crippen LogP contribution in [-0.4, -0.2) is 52.5 Å². The summed E-state index contributed by atoms with van der Waals surface area (Å²) < 4.78 is 6.47. The van der Waals surface area contributed by atoms with Crippen LogP contribution in [0.15, 0.2) is 36.4 Å². The number of nitrogens with one attached hydrogen (secondary N) is 2. The molecule has 0 radical (unpaired) electrons. The van der Waals surface area contributed by atoms with Gasteiger partial charge in [-0.3, -0.25) is 14.4 Å². The lowest BCUT2D eigenvalue weighted by Gasteiger charge is -2.39. The molecule has 1 aromatic carbocycles. The topological polar surface area (TPSA) is 87.7 Å². The van der Waals surface area contributed by atoms with Gasteiger partial charge in [0.15, 0.2) is 0 Å². The third-order valence-electron chi connectivity index (χ3n) is 8.87. The predicted molar refractivity (Wildman–Crippen MR) is 136 cm³/mol. The van der Waals surface area contributed by atoms with Crippen molar-refractivity contribution >= 4 is 35.0 Å². The molecule has 3 amide bonds. The Balaban J connectivity index is 1.32. The highest BCUT2D eigenvalue weighted by Crippen LogP contribution is 2.56. The van der Waals surface area contributed by atoms with Crippen molar-refractivity contribution in [3.05, 3.63) is 41.4 Å². The van der Waals surface area contributed by atoms with E-state index in [1.165, 1.54) is 6.42 Å². The van der Waals surface area contributed by atoms with Crippen LogP contribution in [-0.2, 0) is 19.1 Å². The summed E-state index contributed by atoms with van der Waals surface area (Å²) in [4.78, 5) is 43.4.